The summed E-state index contributed by atoms with van der Waals surface area (Å²) in [6, 6.07) is 15.9. The van der Waals surface area contributed by atoms with Crippen molar-refractivity contribution in [3.63, 3.8) is 0 Å². The lowest BCUT2D eigenvalue weighted by atomic mass is 10.1. The molecular weight excluding hydrogens is 238 g/mol. The maximum absolute atomic E-state index is 9.15. The van der Waals surface area contributed by atoms with Crippen LogP contribution in [0.1, 0.15) is 24.1 Å². The van der Waals surface area contributed by atoms with Gasteiger partial charge in [0.1, 0.15) is 5.75 Å². The van der Waals surface area contributed by atoms with Gasteiger partial charge in [-0.05, 0) is 30.7 Å². The van der Waals surface area contributed by atoms with Crippen LogP contribution in [0, 0.1) is 0 Å². The fraction of sp³-hybridized carbons (Fsp3) is 0.250. The molecule has 2 N–H and O–H groups in total. The minimum atomic E-state index is 0.0541. The third-order valence-corrected chi connectivity index (χ3v) is 3.10. The van der Waals surface area contributed by atoms with E-state index in [2.05, 4.69) is 12.2 Å². The Balaban J connectivity index is 2.18. The van der Waals surface area contributed by atoms with Gasteiger partial charge in [0.25, 0.3) is 0 Å². The summed E-state index contributed by atoms with van der Waals surface area (Å²) in [5.74, 6) is 0.876. The summed E-state index contributed by atoms with van der Waals surface area (Å²) >= 11 is 0. The Morgan fingerprint density at radius 2 is 1.95 bits per heavy atom. The molecule has 19 heavy (non-hydrogen) atoms. The number of para-hydroxylation sites is 1. The zero-order chi connectivity index (χ0) is 13.7. The number of benzene rings is 2. The van der Waals surface area contributed by atoms with Crippen molar-refractivity contribution in [1.82, 2.24) is 0 Å². The summed E-state index contributed by atoms with van der Waals surface area (Å²) in [7, 11) is 1.68. The molecule has 3 heteroatoms. The highest BCUT2D eigenvalue weighted by Crippen LogP contribution is 2.27. The topological polar surface area (TPSA) is 41.5 Å². The summed E-state index contributed by atoms with van der Waals surface area (Å²) in [6.45, 7) is 2.14. The van der Waals surface area contributed by atoms with E-state index in [4.69, 9.17) is 9.84 Å². The van der Waals surface area contributed by atoms with Crippen molar-refractivity contribution >= 4 is 5.69 Å². The summed E-state index contributed by atoms with van der Waals surface area (Å²) in [6.07, 6.45) is 0. The molecule has 2 rings (SSSR count). The average molecular weight is 257 g/mol. The van der Waals surface area contributed by atoms with Gasteiger partial charge in [-0.2, -0.15) is 0 Å². The molecule has 0 fully saturated rings. The number of rotatable bonds is 5. The molecule has 1 unspecified atom stereocenters. The smallest absolute Gasteiger partial charge is 0.124 e. The van der Waals surface area contributed by atoms with Crippen molar-refractivity contribution in [3.8, 4) is 5.75 Å². The molecule has 0 bridgehead atoms. The van der Waals surface area contributed by atoms with Crippen molar-refractivity contribution in [1.29, 1.82) is 0 Å². The van der Waals surface area contributed by atoms with Crippen molar-refractivity contribution in [2.75, 3.05) is 12.4 Å². The fourth-order valence-corrected chi connectivity index (χ4v) is 2.11. The van der Waals surface area contributed by atoms with Crippen LogP contribution < -0.4 is 10.1 Å². The van der Waals surface area contributed by atoms with E-state index in [-0.39, 0.29) is 12.6 Å². The second-order valence-corrected chi connectivity index (χ2v) is 4.47. The molecule has 1 atom stereocenters. The number of hydrogen-bond acceptors (Lipinski definition) is 3. The minimum Gasteiger partial charge on any atom is -0.496 e. The first-order valence-electron chi connectivity index (χ1n) is 6.34. The standard InChI is InChI=1S/C16H19NO2/c1-12(15-8-3-4-9-16(15)19-2)17-14-7-5-6-13(10-14)11-18/h3-10,12,17-18H,11H2,1-2H3. The summed E-state index contributed by atoms with van der Waals surface area (Å²) < 4.78 is 5.37. The average Bonchev–Trinajstić information content (AvgIpc) is 2.47. The van der Waals surface area contributed by atoms with Crippen LogP contribution in [-0.4, -0.2) is 12.2 Å². The van der Waals surface area contributed by atoms with Gasteiger partial charge < -0.3 is 15.2 Å². The Morgan fingerprint density at radius 3 is 2.68 bits per heavy atom. The molecule has 2 aromatic rings. The van der Waals surface area contributed by atoms with Crippen LogP contribution in [-0.2, 0) is 6.61 Å². The highest BCUT2D eigenvalue weighted by Gasteiger charge is 2.10. The molecule has 0 spiro atoms. The van der Waals surface area contributed by atoms with Crippen molar-refractivity contribution in [2.24, 2.45) is 0 Å². The van der Waals surface area contributed by atoms with Gasteiger partial charge in [-0.25, -0.2) is 0 Å². The molecule has 0 saturated carbocycles. The molecule has 0 aromatic heterocycles. The first kappa shape index (κ1) is 13.4. The molecule has 100 valence electrons. The number of aliphatic hydroxyl groups excluding tert-OH is 1. The van der Waals surface area contributed by atoms with Crippen LogP contribution in [0.15, 0.2) is 48.5 Å². The van der Waals surface area contributed by atoms with E-state index in [0.29, 0.717) is 0 Å². The molecule has 0 aliphatic rings. The third-order valence-electron chi connectivity index (χ3n) is 3.10. The Kier molecular flexibility index (Phi) is 4.42. The summed E-state index contributed by atoms with van der Waals surface area (Å²) in [5, 5.41) is 12.6. The number of methoxy groups -OCH3 is 1. The van der Waals surface area contributed by atoms with E-state index in [9.17, 15) is 0 Å². The van der Waals surface area contributed by atoms with Gasteiger partial charge in [0.2, 0.25) is 0 Å². The van der Waals surface area contributed by atoms with Crippen LogP contribution >= 0.6 is 0 Å². The Bertz CT molecular complexity index is 540. The predicted molar refractivity (Wildman–Crippen MR) is 77.4 cm³/mol. The van der Waals surface area contributed by atoms with E-state index in [0.717, 1.165) is 22.6 Å². The largest absolute Gasteiger partial charge is 0.496 e. The predicted octanol–water partition coefficient (Wildman–Crippen LogP) is 3.36. The summed E-state index contributed by atoms with van der Waals surface area (Å²) in [5.41, 5.74) is 3.00. The molecule has 0 amide bonds. The van der Waals surface area contributed by atoms with Crippen LogP contribution in [0.3, 0.4) is 0 Å². The van der Waals surface area contributed by atoms with Crippen LogP contribution in [0.2, 0.25) is 0 Å². The number of ether oxygens (including phenoxy) is 1. The molecular formula is C16H19NO2. The van der Waals surface area contributed by atoms with E-state index >= 15 is 0 Å². The second-order valence-electron chi connectivity index (χ2n) is 4.47. The highest BCUT2D eigenvalue weighted by molar-refractivity contribution is 5.49. The van der Waals surface area contributed by atoms with Gasteiger partial charge in [-0.1, -0.05) is 30.3 Å². The second kappa shape index (κ2) is 6.25. The molecule has 3 nitrogen and oxygen atoms in total. The van der Waals surface area contributed by atoms with Gasteiger partial charge in [0.05, 0.1) is 19.8 Å². The molecule has 0 aliphatic heterocycles. The quantitative estimate of drug-likeness (QED) is 0.863. The first-order chi connectivity index (χ1) is 9.24. The Hall–Kier alpha value is -2.00. The monoisotopic (exact) mass is 257 g/mol. The molecule has 0 aliphatic carbocycles. The van der Waals surface area contributed by atoms with E-state index in [1.165, 1.54) is 0 Å². The Labute approximate surface area is 113 Å². The lowest BCUT2D eigenvalue weighted by molar-refractivity contribution is 0.282. The van der Waals surface area contributed by atoms with Gasteiger partial charge in [0.15, 0.2) is 0 Å². The van der Waals surface area contributed by atoms with Crippen molar-refractivity contribution < 1.29 is 9.84 Å². The highest BCUT2D eigenvalue weighted by atomic mass is 16.5. The summed E-state index contributed by atoms with van der Waals surface area (Å²) in [4.78, 5) is 0. The van der Waals surface area contributed by atoms with E-state index in [1.54, 1.807) is 7.11 Å². The molecule has 2 aromatic carbocycles. The minimum absolute atomic E-state index is 0.0541. The lowest BCUT2D eigenvalue weighted by Crippen LogP contribution is -2.08. The van der Waals surface area contributed by atoms with Crippen molar-refractivity contribution in [2.45, 2.75) is 19.6 Å². The maximum atomic E-state index is 9.15. The number of nitrogens with one attached hydrogen (secondary N) is 1. The van der Waals surface area contributed by atoms with Gasteiger partial charge >= 0.3 is 0 Å². The molecule has 0 heterocycles. The first-order valence-corrected chi connectivity index (χ1v) is 6.34. The van der Waals surface area contributed by atoms with E-state index < -0.39 is 0 Å². The normalized spacial score (nSPS) is 11.9. The number of hydrogen-bond donors (Lipinski definition) is 2. The number of aliphatic hydroxyl groups is 1. The lowest BCUT2D eigenvalue weighted by Gasteiger charge is -2.18. The van der Waals surface area contributed by atoms with Gasteiger partial charge in [-0.15, -0.1) is 0 Å². The molecule has 0 radical (unpaired) electrons. The van der Waals surface area contributed by atoms with Gasteiger partial charge in [0, 0.05) is 11.3 Å². The van der Waals surface area contributed by atoms with Crippen LogP contribution in [0.5, 0.6) is 5.75 Å². The number of anilines is 1. The zero-order valence-electron chi connectivity index (χ0n) is 11.3. The zero-order valence-corrected chi connectivity index (χ0v) is 11.3. The molecule has 0 saturated heterocycles. The Morgan fingerprint density at radius 1 is 1.16 bits per heavy atom. The van der Waals surface area contributed by atoms with Crippen molar-refractivity contribution in [3.05, 3.63) is 59.7 Å². The van der Waals surface area contributed by atoms with E-state index in [1.807, 2.05) is 48.5 Å². The fourth-order valence-electron chi connectivity index (χ4n) is 2.11. The van der Waals surface area contributed by atoms with Crippen LogP contribution in [0.25, 0.3) is 0 Å². The maximum Gasteiger partial charge on any atom is 0.124 e. The SMILES string of the molecule is COc1ccccc1C(C)Nc1cccc(CO)c1. The third kappa shape index (κ3) is 3.26. The van der Waals surface area contributed by atoms with Gasteiger partial charge in [-0.3, -0.25) is 0 Å². The van der Waals surface area contributed by atoms with Crippen LogP contribution in [0.4, 0.5) is 5.69 Å².